The summed E-state index contributed by atoms with van der Waals surface area (Å²) in [5.74, 6) is 1.08. The second-order valence-electron chi connectivity index (χ2n) is 6.22. The Morgan fingerprint density at radius 2 is 1.96 bits per heavy atom. The summed E-state index contributed by atoms with van der Waals surface area (Å²) in [4.78, 5) is 27.6. The van der Waals surface area contributed by atoms with Crippen molar-refractivity contribution in [1.82, 2.24) is 4.98 Å². The minimum absolute atomic E-state index is 0.124. The van der Waals surface area contributed by atoms with Gasteiger partial charge in [-0.05, 0) is 43.7 Å². The number of carbonyl (C=O) groups excluding carboxylic acids is 1. The van der Waals surface area contributed by atoms with E-state index in [1.807, 2.05) is 19.9 Å². The number of furan rings is 1. The monoisotopic (exact) mass is 309 g/mol. The maximum Gasteiger partial charge on any atom is 0.291 e. The van der Waals surface area contributed by atoms with E-state index in [1.165, 1.54) is 6.20 Å². The van der Waals surface area contributed by atoms with Crippen LogP contribution in [0.4, 0.5) is 0 Å². The third-order valence-electron chi connectivity index (χ3n) is 4.56. The molecule has 1 aromatic carbocycles. The number of hydrogen-bond acceptors (Lipinski definition) is 4. The van der Waals surface area contributed by atoms with Gasteiger partial charge in [0.25, 0.3) is 5.56 Å². The zero-order valence-electron chi connectivity index (χ0n) is 13.0. The highest BCUT2D eigenvalue weighted by Gasteiger charge is 2.42. The Bertz CT molecular complexity index is 1020. The van der Waals surface area contributed by atoms with Crippen molar-refractivity contribution in [3.05, 3.63) is 63.3 Å². The van der Waals surface area contributed by atoms with Gasteiger partial charge in [-0.25, -0.2) is 0 Å². The first kappa shape index (κ1) is 13.8. The van der Waals surface area contributed by atoms with Gasteiger partial charge in [0.05, 0.1) is 12.7 Å². The molecule has 0 saturated heterocycles. The van der Waals surface area contributed by atoms with E-state index in [0.29, 0.717) is 28.0 Å². The van der Waals surface area contributed by atoms with Crippen LogP contribution in [0.1, 0.15) is 41.1 Å². The number of aromatic amines is 1. The summed E-state index contributed by atoms with van der Waals surface area (Å²) in [7, 11) is 1.59. The van der Waals surface area contributed by atoms with Crippen LogP contribution in [-0.4, -0.2) is 17.9 Å². The Balaban J connectivity index is 2.12. The molecule has 2 aromatic heterocycles. The van der Waals surface area contributed by atoms with Crippen molar-refractivity contribution in [3.8, 4) is 5.75 Å². The summed E-state index contributed by atoms with van der Waals surface area (Å²) in [6, 6.07) is 7.11. The Labute approximate surface area is 131 Å². The number of nitrogens with one attached hydrogen (secondary N) is 1. The molecule has 5 nitrogen and oxygen atoms in total. The lowest BCUT2D eigenvalue weighted by Gasteiger charge is -2.30. The zero-order chi connectivity index (χ0) is 16.4. The van der Waals surface area contributed by atoms with E-state index in [0.717, 1.165) is 5.56 Å². The molecule has 23 heavy (non-hydrogen) atoms. The SMILES string of the molecule is COc1ccc2c(c1)C(C)(C)c1oc3c(=O)[nH]ccc3c1C2=O. The number of fused-ring (bicyclic) bond motifs is 4. The van der Waals surface area contributed by atoms with Crippen LogP contribution in [0, 0.1) is 0 Å². The van der Waals surface area contributed by atoms with Crippen LogP contribution in [0.5, 0.6) is 5.75 Å². The van der Waals surface area contributed by atoms with Gasteiger partial charge < -0.3 is 14.1 Å². The molecule has 0 unspecified atom stereocenters. The van der Waals surface area contributed by atoms with E-state index in [9.17, 15) is 9.59 Å². The third-order valence-corrected chi connectivity index (χ3v) is 4.56. The molecule has 0 spiro atoms. The van der Waals surface area contributed by atoms with Crippen molar-refractivity contribution in [3.63, 3.8) is 0 Å². The lowest BCUT2D eigenvalue weighted by atomic mass is 9.72. The van der Waals surface area contributed by atoms with Crippen molar-refractivity contribution >= 4 is 16.8 Å². The summed E-state index contributed by atoms with van der Waals surface area (Å²) in [6.07, 6.45) is 1.53. The van der Waals surface area contributed by atoms with Crippen molar-refractivity contribution in [2.45, 2.75) is 19.3 Å². The largest absolute Gasteiger partial charge is 0.497 e. The summed E-state index contributed by atoms with van der Waals surface area (Å²) in [6.45, 7) is 3.96. The summed E-state index contributed by atoms with van der Waals surface area (Å²) in [5.41, 5.74) is 1.25. The minimum Gasteiger partial charge on any atom is -0.497 e. The van der Waals surface area contributed by atoms with Crippen LogP contribution in [0.3, 0.4) is 0 Å². The van der Waals surface area contributed by atoms with Crippen LogP contribution in [-0.2, 0) is 5.41 Å². The van der Waals surface area contributed by atoms with Crippen LogP contribution >= 0.6 is 0 Å². The minimum atomic E-state index is -0.543. The molecule has 0 atom stereocenters. The molecular formula is C18H15NO4. The molecule has 0 saturated carbocycles. The van der Waals surface area contributed by atoms with Crippen LogP contribution < -0.4 is 10.3 Å². The maximum absolute atomic E-state index is 13.0. The molecule has 1 aliphatic rings. The van der Waals surface area contributed by atoms with Crippen molar-refractivity contribution in [2.24, 2.45) is 0 Å². The van der Waals surface area contributed by atoms with E-state index < -0.39 is 5.41 Å². The van der Waals surface area contributed by atoms with Gasteiger partial charge in [-0.15, -0.1) is 0 Å². The van der Waals surface area contributed by atoms with Crippen molar-refractivity contribution < 1.29 is 13.9 Å². The van der Waals surface area contributed by atoms with Gasteiger partial charge in [0.15, 0.2) is 11.4 Å². The van der Waals surface area contributed by atoms with Gasteiger partial charge >= 0.3 is 0 Å². The first-order valence-electron chi connectivity index (χ1n) is 7.33. The number of hydrogen-bond donors (Lipinski definition) is 1. The Morgan fingerprint density at radius 3 is 2.70 bits per heavy atom. The van der Waals surface area contributed by atoms with Gasteiger partial charge in [-0.3, -0.25) is 9.59 Å². The summed E-state index contributed by atoms with van der Waals surface area (Å²) < 4.78 is 11.1. The topological polar surface area (TPSA) is 72.3 Å². The second kappa shape index (κ2) is 4.35. The predicted octanol–water partition coefficient (Wildman–Crippen LogP) is 3.00. The van der Waals surface area contributed by atoms with E-state index in [1.54, 1.807) is 25.3 Å². The van der Waals surface area contributed by atoms with E-state index in [2.05, 4.69) is 4.98 Å². The quantitative estimate of drug-likeness (QED) is 0.750. The highest BCUT2D eigenvalue weighted by Crippen LogP contribution is 2.45. The fourth-order valence-corrected chi connectivity index (χ4v) is 3.33. The lowest BCUT2D eigenvalue weighted by Crippen LogP contribution is -2.29. The molecule has 1 N–H and O–H groups in total. The van der Waals surface area contributed by atoms with E-state index in [-0.39, 0.29) is 16.9 Å². The zero-order valence-corrected chi connectivity index (χ0v) is 13.0. The van der Waals surface area contributed by atoms with Crippen molar-refractivity contribution in [1.29, 1.82) is 0 Å². The molecule has 3 aromatic rings. The smallest absolute Gasteiger partial charge is 0.291 e. The average Bonchev–Trinajstić information content (AvgIpc) is 2.95. The second-order valence-corrected chi connectivity index (χ2v) is 6.22. The highest BCUT2D eigenvalue weighted by molar-refractivity contribution is 6.19. The summed E-state index contributed by atoms with van der Waals surface area (Å²) >= 11 is 0. The van der Waals surface area contributed by atoms with Gasteiger partial charge in [0.2, 0.25) is 0 Å². The fraction of sp³-hybridized carbons (Fsp3) is 0.222. The Kier molecular flexibility index (Phi) is 2.61. The third kappa shape index (κ3) is 1.67. The molecule has 5 heteroatoms. The van der Waals surface area contributed by atoms with E-state index in [4.69, 9.17) is 9.15 Å². The van der Waals surface area contributed by atoms with Crippen LogP contribution in [0.15, 0.2) is 39.7 Å². The highest BCUT2D eigenvalue weighted by atomic mass is 16.5. The standard InChI is InChI=1S/C18H15NO4/c1-18(2)12-8-9(22-3)4-5-10(12)14(20)13-11-6-7-19-17(21)15(11)23-16(13)18/h4-8H,1-3H3,(H,19,21). The number of H-pyrrole nitrogens is 1. The molecule has 0 fully saturated rings. The molecule has 2 heterocycles. The number of pyridine rings is 1. The molecule has 1 aliphatic carbocycles. The number of rotatable bonds is 1. The first-order valence-corrected chi connectivity index (χ1v) is 7.33. The van der Waals surface area contributed by atoms with Gasteiger partial charge in [-0.2, -0.15) is 0 Å². The van der Waals surface area contributed by atoms with Crippen molar-refractivity contribution in [2.75, 3.05) is 7.11 Å². The average molecular weight is 309 g/mol. The number of ether oxygens (including phenoxy) is 1. The van der Waals surface area contributed by atoms with E-state index >= 15 is 0 Å². The van der Waals surface area contributed by atoms with Crippen LogP contribution in [0.2, 0.25) is 0 Å². The Hall–Kier alpha value is -2.82. The fourth-order valence-electron chi connectivity index (χ4n) is 3.33. The number of ketones is 1. The molecule has 4 rings (SSSR count). The number of benzene rings is 1. The lowest BCUT2D eigenvalue weighted by molar-refractivity contribution is 0.102. The van der Waals surface area contributed by atoms with Gasteiger partial charge in [0.1, 0.15) is 11.5 Å². The molecule has 0 aliphatic heterocycles. The molecule has 0 amide bonds. The molecular weight excluding hydrogens is 294 g/mol. The number of aromatic nitrogens is 1. The molecule has 0 bridgehead atoms. The Morgan fingerprint density at radius 1 is 1.17 bits per heavy atom. The molecule has 0 radical (unpaired) electrons. The predicted molar refractivity (Wildman–Crippen MR) is 85.4 cm³/mol. The molecule has 116 valence electrons. The summed E-state index contributed by atoms with van der Waals surface area (Å²) in [5, 5.41) is 0.559. The first-order chi connectivity index (χ1) is 10.9. The number of methoxy groups -OCH3 is 1. The van der Waals surface area contributed by atoms with Crippen LogP contribution in [0.25, 0.3) is 11.0 Å². The van der Waals surface area contributed by atoms with Gasteiger partial charge in [-0.1, -0.05) is 0 Å². The van der Waals surface area contributed by atoms with Gasteiger partial charge in [0, 0.05) is 22.6 Å². The maximum atomic E-state index is 13.0. The number of carbonyl (C=O) groups is 1. The normalized spacial score (nSPS) is 15.3.